The molecule has 0 aliphatic heterocycles. The van der Waals surface area contributed by atoms with Crippen LogP contribution in [0.3, 0.4) is 0 Å². The zero-order chi connectivity index (χ0) is 12.8. The van der Waals surface area contributed by atoms with Crippen LogP contribution in [-0.4, -0.2) is 18.3 Å². The summed E-state index contributed by atoms with van der Waals surface area (Å²) in [5, 5.41) is 0. The van der Waals surface area contributed by atoms with Crippen LogP contribution in [0.4, 0.5) is 0 Å². The minimum atomic E-state index is 0.105. The Labute approximate surface area is 112 Å². The number of carbonyl (C=O) groups excluding carboxylic acids is 1. The van der Waals surface area contributed by atoms with Gasteiger partial charge in [-0.05, 0) is 24.0 Å². The van der Waals surface area contributed by atoms with Crippen LogP contribution < -0.4 is 0 Å². The molecule has 1 aromatic carbocycles. The van der Waals surface area contributed by atoms with Crippen molar-refractivity contribution in [2.24, 2.45) is 0 Å². The van der Waals surface area contributed by atoms with Crippen LogP contribution in [0.1, 0.15) is 35.7 Å². The molecule has 0 spiro atoms. The number of carbonyl (C=O) groups is 1. The summed E-state index contributed by atoms with van der Waals surface area (Å²) in [4.78, 5) is 12.2. The second kappa shape index (κ2) is 6.92. The molecule has 0 radical (unpaired) electrons. The summed E-state index contributed by atoms with van der Waals surface area (Å²) in [6, 6.07) is 7.85. The molecule has 1 nitrogen and oxygen atoms in total. The third kappa shape index (κ3) is 3.93. The standard InChI is InChI=1S/C14H18OS2/c1-10(2)11-7-5-6-8-12(11)13(15)9-14(16-3)17-4/h5-10H,1-4H3. The maximum atomic E-state index is 12.2. The monoisotopic (exact) mass is 266 g/mol. The van der Waals surface area contributed by atoms with Crippen molar-refractivity contribution in [1.29, 1.82) is 0 Å². The summed E-state index contributed by atoms with van der Waals surface area (Å²) in [6.45, 7) is 4.22. The first-order valence-electron chi connectivity index (χ1n) is 5.53. The van der Waals surface area contributed by atoms with Crippen LogP contribution in [0.2, 0.25) is 0 Å². The second-order valence-corrected chi connectivity index (χ2v) is 5.93. The van der Waals surface area contributed by atoms with Crippen molar-refractivity contribution in [3.05, 3.63) is 45.7 Å². The summed E-state index contributed by atoms with van der Waals surface area (Å²) in [5.41, 5.74) is 1.94. The molecule has 0 unspecified atom stereocenters. The fourth-order valence-electron chi connectivity index (χ4n) is 1.61. The first-order valence-corrected chi connectivity index (χ1v) is 7.98. The van der Waals surface area contributed by atoms with Crippen molar-refractivity contribution in [1.82, 2.24) is 0 Å². The Bertz CT molecular complexity index is 416. The molecule has 0 fully saturated rings. The van der Waals surface area contributed by atoms with Crippen molar-refractivity contribution < 1.29 is 4.79 Å². The molecule has 0 saturated carbocycles. The van der Waals surface area contributed by atoms with Crippen molar-refractivity contribution in [2.45, 2.75) is 19.8 Å². The third-order valence-corrected chi connectivity index (χ3v) is 4.54. The van der Waals surface area contributed by atoms with Gasteiger partial charge in [0.15, 0.2) is 5.78 Å². The summed E-state index contributed by atoms with van der Waals surface area (Å²) in [7, 11) is 0. The third-order valence-electron chi connectivity index (χ3n) is 2.50. The Morgan fingerprint density at radius 2 is 1.76 bits per heavy atom. The average Bonchev–Trinajstić information content (AvgIpc) is 2.35. The molecule has 0 saturated heterocycles. The molecule has 92 valence electrons. The van der Waals surface area contributed by atoms with Gasteiger partial charge in [-0.25, -0.2) is 0 Å². The number of allylic oxidation sites excluding steroid dienone is 1. The van der Waals surface area contributed by atoms with Crippen molar-refractivity contribution >= 4 is 29.3 Å². The van der Waals surface area contributed by atoms with Crippen LogP contribution in [0.15, 0.2) is 34.6 Å². The average molecular weight is 266 g/mol. The van der Waals surface area contributed by atoms with Gasteiger partial charge in [-0.15, -0.1) is 23.5 Å². The lowest BCUT2D eigenvalue weighted by Gasteiger charge is -2.10. The molecular formula is C14H18OS2. The van der Waals surface area contributed by atoms with E-state index in [2.05, 4.69) is 13.8 Å². The maximum absolute atomic E-state index is 12.2. The van der Waals surface area contributed by atoms with Gasteiger partial charge in [-0.2, -0.15) is 0 Å². The van der Waals surface area contributed by atoms with Gasteiger partial charge >= 0.3 is 0 Å². The number of ketones is 1. The van der Waals surface area contributed by atoms with Crippen molar-refractivity contribution in [2.75, 3.05) is 12.5 Å². The van der Waals surface area contributed by atoms with Gasteiger partial charge in [0, 0.05) is 15.9 Å². The molecule has 0 amide bonds. The van der Waals surface area contributed by atoms with E-state index < -0.39 is 0 Å². The second-order valence-electron chi connectivity index (χ2n) is 3.98. The lowest BCUT2D eigenvalue weighted by Crippen LogP contribution is -2.02. The maximum Gasteiger partial charge on any atom is 0.187 e. The topological polar surface area (TPSA) is 17.1 Å². The molecule has 17 heavy (non-hydrogen) atoms. The Balaban J connectivity index is 3.08. The molecule has 1 aromatic rings. The lowest BCUT2D eigenvalue weighted by atomic mass is 9.95. The van der Waals surface area contributed by atoms with Crippen molar-refractivity contribution in [3.8, 4) is 0 Å². The Hall–Kier alpha value is -0.670. The van der Waals surface area contributed by atoms with Crippen LogP contribution in [0.5, 0.6) is 0 Å². The summed E-state index contributed by atoms with van der Waals surface area (Å²) >= 11 is 3.22. The van der Waals surface area contributed by atoms with E-state index in [-0.39, 0.29) is 5.78 Å². The van der Waals surface area contributed by atoms with Crippen molar-refractivity contribution in [3.63, 3.8) is 0 Å². The largest absolute Gasteiger partial charge is 0.289 e. The van der Waals surface area contributed by atoms with Crippen LogP contribution in [0, 0.1) is 0 Å². The Morgan fingerprint density at radius 3 is 2.29 bits per heavy atom. The fraction of sp³-hybridized carbons (Fsp3) is 0.357. The van der Waals surface area contributed by atoms with E-state index in [1.54, 1.807) is 29.6 Å². The predicted octanol–water partition coefficient (Wildman–Crippen LogP) is 4.56. The van der Waals surface area contributed by atoms with Gasteiger partial charge < -0.3 is 0 Å². The highest BCUT2D eigenvalue weighted by molar-refractivity contribution is 8.21. The molecule has 0 aliphatic rings. The quantitative estimate of drug-likeness (QED) is 0.574. The first-order chi connectivity index (χ1) is 8.10. The van der Waals surface area contributed by atoms with E-state index in [4.69, 9.17) is 0 Å². The van der Waals surface area contributed by atoms with Gasteiger partial charge in [0.05, 0.1) is 0 Å². The molecule has 0 heterocycles. The number of hydrogen-bond acceptors (Lipinski definition) is 3. The minimum Gasteiger partial charge on any atom is -0.289 e. The van der Waals surface area contributed by atoms with Crippen LogP contribution >= 0.6 is 23.5 Å². The molecule has 3 heteroatoms. The smallest absolute Gasteiger partial charge is 0.187 e. The zero-order valence-corrected chi connectivity index (χ0v) is 12.3. The first kappa shape index (κ1) is 14.4. The van der Waals surface area contributed by atoms with E-state index in [1.807, 2.05) is 36.8 Å². The van der Waals surface area contributed by atoms with E-state index in [0.717, 1.165) is 15.4 Å². The zero-order valence-electron chi connectivity index (χ0n) is 10.7. The fourth-order valence-corrected chi connectivity index (χ4v) is 2.73. The number of rotatable bonds is 5. The van der Waals surface area contributed by atoms with Crippen LogP contribution in [0.25, 0.3) is 0 Å². The summed E-state index contributed by atoms with van der Waals surface area (Å²) in [6.07, 6.45) is 5.71. The summed E-state index contributed by atoms with van der Waals surface area (Å²) < 4.78 is 1.05. The normalized spacial score (nSPS) is 10.4. The minimum absolute atomic E-state index is 0.105. The molecule has 0 N–H and O–H groups in total. The molecule has 0 aliphatic carbocycles. The van der Waals surface area contributed by atoms with Crippen LogP contribution in [-0.2, 0) is 0 Å². The Morgan fingerprint density at radius 1 is 1.18 bits per heavy atom. The van der Waals surface area contributed by atoms with E-state index in [0.29, 0.717) is 5.92 Å². The highest BCUT2D eigenvalue weighted by Crippen LogP contribution is 2.26. The van der Waals surface area contributed by atoms with Gasteiger partial charge in [0.1, 0.15) is 0 Å². The van der Waals surface area contributed by atoms with Gasteiger partial charge in [0.2, 0.25) is 0 Å². The SMILES string of the molecule is CSC(=CC(=O)c1ccccc1C(C)C)SC. The highest BCUT2D eigenvalue weighted by atomic mass is 32.2. The molecule has 1 rings (SSSR count). The van der Waals surface area contributed by atoms with E-state index in [9.17, 15) is 4.79 Å². The van der Waals surface area contributed by atoms with E-state index in [1.165, 1.54) is 0 Å². The molecule has 0 aromatic heterocycles. The van der Waals surface area contributed by atoms with Gasteiger partial charge in [-0.1, -0.05) is 38.1 Å². The molecule has 0 atom stereocenters. The number of benzene rings is 1. The lowest BCUT2D eigenvalue weighted by molar-refractivity contribution is 0.104. The summed E-state index contributed by atoms with van der Waals surface area (Å²) in [5.74, 6) is 0.476. The predicted molar refractivity (Wildman–Crippen MR) is 80.0 cm³/mol. The highest BCUT2D eigenvalue weighted by Gasteiger charge is 2.11. The van der Waals surface area contributed by atoms with Gasteiger partial charge in [0.25, 0.3) is 0 Å². The number of thioether (sulfide) groups is 2. The molecule has 0 bridgehead atoms. The number of hydrogen-bond donors (Lipinski definition) is 0. The molecular weight excluding hydrogens is 248 g/mol. The van der Waals surface area contributed by atoms with Gasteiger partial charge in [-0.3, -0.25) is 4.79 Å². The Kier molecular flexibility index (Phi) is 5.86. The van der Waals surface area contributed by atoms with E-state index >= 15 is 0 Å².